The molecule has 224 valence electrons. The van der Waals surface area contributed by atoms with Crippen LogP contribution in [0.25, 0.3) is 0 Å². The van der Waals surface area contributed by atoms with Crippen LogP contribution in [0, 0.1) is 0 Å². The summed E-state index contributed by atoms with van der Waals surface area (Å²) in [6.45, 7) is 0.800. The number of anilines is 1. The average Bonchev–Trinajstić information content (AvgIpc) is 3.00. The van der Waals surface area contributed by atoms with Crippen LogP contribution in [0.5, 0.6) is 5.75 Å². The Bertz CT molecular complexity index is 984. The fourth-order valence-electron chi connectivity index (χ4n) is 7.35. The van der Waals surface area contributed by atoms with E-state index in [1.165, 1.54) is 22.5 Å². The Morgan fingerprint density at radius 2 is 1.23 bits per heavy atom. The van der Waals surface area contributed by atoms with Gasteiger partial charge in [0.05, 0.1) is 17.0 Å². The predicted molar refractivity (Wildman–Crippen MR) is 177 cm³/mol. The van der Waals surface area contributed by atoms with Crippen LogP contribution in [0.15, 0.2) is 48.5 Å². The van der Waals surface area contributed by atoms with E-state index in [0.29, 0.717) is 0 Å². The zero-order valence-corrected chi connectivity index (χ0v) is 29.0. The molecule has 3 fully saturated rings. The maximum absolute atomic E-state index is 6.00. The summed E-state index contributed by atoms with van der Waals surface area (Å²) < 4.78 is 7.17. The molecule has 0 heterocycles. The van der Waals surface area contributed by atoms with Crippen molar-refractivity contribution in [2.45, 2.75) is 120 Å². The molecule has 3 aliphatic carbocycles. The molecule has 0 unspecified atom stereocenters. The molecule has 0 amide bonds. The van der Waals surface area contributed by atoms with Crippen molar-refractivity contribution < 1.29 is 18.3 Å². The molecule has 0 spiro atoms. The van der Waals surface area contributed by atoms with Crippen LogP contribution in [-0.4, -0.2) is 35.7 Å². The fourth-order valence-corrected chi connectivity index (χ4v) is 14.5. The van der Waals surface area contributed by atoms with E-state index in [4.69, 9.17) is 24.1 Å². The second-order valence-corrected chi connectivity index (χ2v) is 21.2. The van der Waals surface area contributed by atoms with Crippen LogP contribution in [-0.2, 0) is 20.1 Å². The summed E-state index contributed by atoms with van der Waals surface area (Å²) in [5.74, 6) is 0.860. The van der Waals surface area contributed by atoms with Crippen molar-refractivity contribution in [2.24, 2.45) is 0 Å². The number of hydrogen-bond donors (Lipinski definition) is 0. The van der Waals surface area contributed by atoms with E-state index in [0.717, 1.165) is 23.5 Å². The number of methoxy groups -OCH3 is 1. The summed E-state index contributed by atoms with van der Waals surface area (Å²) in [5, 5.41) is 0. The number of halogens is 2. The van der Waals surface area contributed by atoms with E-state index in [1.54, 1.807) is 103 Å². The van der Waals surface area contributed by atoms with Crippen molar-refractivity contribution in [1.29, 1.82) is 0 Å². The van der Waals surface area contributed by atoms with E-state index in [1.807, 2.05) is 41.0 Å². The number of hydrogen-bond acceptors (Lipinski definition) is 2. The van der Waals surface area contributed by atoms with Crippen LogP contribution >= 0.6 is 27.3 Å². The molecular weight excluding hydrogens is 641 g/mol. The van der Waals surface area contributed by atoms with Gasteiger partial charge in [-0.05, 0) is 77.0 Å². The zero-order valence-electron chi connectivity index (χ0n) is 24.7. The standard InChI is InChI=1S/C18H33P.C16H17NO.2ClH.Ru/c1-4-10-16(11-5-1)19(17-12-6-2-7-13-17)18-14-8-3-9-15-18;1-13-6-4-5-7-14(13)12-17(2)15-8-10-16(18-3)11-9-15;;;/h16-18H,1-15H2;1,4-11H,12H2,2-3H3;2*1H;/q;;;;+2/p-1. The molecule has 2 aromatic rings. The molecule has 0 N–H and O–H groups in total. The van der Waals surface area contributed by atoms with Crippen molar-refractivity contribution in [3.05, 3.63) is 59.7 Å². The normalized spacial score (nSPS) is 19.5. The van der Waals surface area contributed by atoms with Gasteiger partial charge in [0.2, 0.25) is 0 Å². The van der Waals surface area contributed by atoms with Gasteiger partial charge in [0, 0.05) is 7.92 Å². The molecule has 40 heavy (non-hydrogen) atoms. The Balaban J connectivity index is 0.000000186. The van der Waals surface area contributed by atoms with Crippen molar-refractivity contribution in [3.63, 3.8) is 0 Å². The fraction of sp³-hybridized carbons (Fsp3) is 0.618. The van der Waals surface area contributed by atoms with Gasteiger partial charge in [-0.15, -0.1) is 0 Å². The van der Waals surface area contributed by atoms with Crippen LogP contribution in [0.1, 0.15) is 107 Å². The number of nitrogens with zero attached hydrogens (tertiary/aromatic N) is 1. The topological polar surface area (TPSA) is 12.5 Å². The molecule has 6 heteroatoms. The summed E-state index contributed by atoms with van der Waals surface area (Å²) in [5.41, 5.74) is 7.16. The van der Waals surface area contributed by atoms with E-state index < -0.39 is 13.5 Å². The molecule has 0 aliphatic heterocycles. The first kappa shape index (κ1) is 32.5. The Kier molecular flexibility index (Phi) is 14.3. The predicted octanol–water partition coefficient (Wildman–Crippen LogP) is 10.6. The summed E-state index contributed by atoms with van der Waals surface area (Å²) in [6, 6.07) is 16.2. The minimum absolute atomic E-state index is 0.0465. The van der Waals surface area contributed by atoms with Crippen molar-refractivity contribution in [1.82, 2.24) is 0 Å². The van der Waals surface area contributed by atoms with Crippen molar-refractivity contribution in [3.8, 4) is 5.75 Å². The molecule has 0 aromatic heterocycles. The van der Waals surface area contributed by atoms with Crippen LogP contribution in [0.2, 0.25) is 0 Å². The minimum atomic E-state index is -1.81. The second-order valence-electron chi connectivity index (χ2n) is 12.1. The number of rotatable bonds is 8. The Morgan fingerprint density at radius 3 is 1.68 bits per heavy atom. The Hall–Kier alpha value is -0.457. The maximum atomic E-state index is 6.00. The first-order valence-electron chi connectivity index (χ1n) is 15.7. The molecular formula is C34H51Cl2NOPRu+. The molecule has 0 radical (unpaired) electrons. The molecule has 0 atom stereocenters. The summed E-state index contributed by atoms with van der Waals surface area (Å²) >= 11 is -1.81. The van der Waals surface area contributed by atoms with Gasteiger partial charge in [-0.2, -0.15) is 0 Å². The monoisotopic (exact) mass is 692 g/mol. The van der Waals surface area contributed by atoms with Crippen LogP contribution in [0.3, 0.4) is 0 Å². The van der Waals surface area contributed by atoms with Crippen molar-refractivity contribution >= 4 is 37.6 Å². The van der Waals surface area contributed by atoms with Gasteiger partial charge in [0.15, 0.2) is 0 Å². The van der Waals surface area contributed by atoms with Gasteiger partial charge >= 0.3 is 139 Å². The molecule has 2 nitrogen and oxygen atoms in total. The third-order valence-corrected chi connectivity index (χ3v) is 15.8. The van der Waals surface area contributed by atoms with Gasteiger partial charge in [-0.3, -0.25) is 0 Å². The van der Waals surface area contributed by atoms with Crippen molar-refractivity contribution in [2.75, 3.05) is 19.1 Å². The van der Waals surface area contributed by atoms with E-state index in [-0.39, 0.29) is 7.92 Å². The van der Waals surface area contributed by atoms with Gasteiger partial charge in [-0.1, -0.05) is 19.3 Å². The van der Waals surface area contributed by atoms with Gasteiger partial charge in [-0.25, -0.2) is 0 Å². The molecule has 3 saturated carbocycles. The first-order valence-corrected chi connectivity index (χ1v) is 22.9. The quantitative estimate of drug-likeness (QED) is 0.202. The first-order chi connectivity index (χ1) is 19.5. The molecule has 2 aromatic carbocycles. The van der Waals surface area contributed by atoms with E-state index >= 15 is 0 Å². The average molecular weight is 693 g/mol. The SMILES string of the molecule is C1CCC([PH+](C2CCCCC2)C2CCCCC2)CC1.COc1ccc(N(C)Cc2ccccc2[CH]=[Ru]([Cl])[Cl])cc1. The van der Waals surface area contributed by atoms with Crippen LogP contribution in [0.4, 0.5) is 5.69 Å². The Morgan fingerprint density at radius 1 is 0.750 bits per heavy atom. The number of benzene rings is 2. The second kappa shape index (κ2) is 17.6. The molecule has 5 rings (SSSR count). The molecule has 0 saturated heterocycles. The molecule has 3 aliphatic rings. The van der Waals surface area contributed by atoms with Gasteiger partial charge in [0.25, 0.3) is 0 Å². The third kappa shape index (κ3) is 10.1. The summed E-state index contributed by atoms with van der Waals surface area (Å²) in [4.78, 5) is 2.19. The molecule has 0 bridgehead atoms. The van der Waals surface area contributed by atoms with Gasteiger partial charge < -0.3 is 0 Å². The Labute approximate surface area is 258 Å². The summed E-state index contributed by atoms with van der Waals surface area (Å²) in [6.07, 6.45) is 23.8. The number of ether oxygens (including phenoxy) is 1. The van der Waals surface area contributed by atoms with E-state index in [2.05, 4.69) is 24.1 Å². The zero-order chi connectivity index (χ0) is 28.2. The van der Waals surface area contributed by atoms with Crippen LogP contribution < -0.4 is 9.64 Å². The summed E-state index contributed by atoms with van der Waals surface area (Å²) in [7, 11) is 15.7. The van der Waals surface area contributed by atoms with E-state index in [9.17, 15) is 0 Å². The van der Waals surface area contributed by atoms with Gasteiger partial charge in [0.1, 0.15) is 0 Å². The third-order valence-electron chi connectivity index (χ3n) is 9.39.